The molecule has 2 rings (SSSR count). The van der Waals surface area contributed by atoms with Gasteiger partial charge in [-0.1, -0.05) is 0 Å². The first-order valence-corrected chi connectivity index (χ1v) is 9.19. The smallest absolute Gasteiger partial charge is 0.433 e. The summed E-state index contributed by atoms with van der Waals surface area (Å²) in [5.41, 5.74) is -1.71. The van der Waals surface area contributed by atoms with Crippen molar-refractivity contribution in [2.24, 2.45) is 0 Å². The number of carbonyl (C=O) groups excluding carboxylic acids is 1. The number of alkyl halides is 3. The molecule has 2 atom stereocenters. The average Bonchev–Trinajstić information content (AvgIpc) is 2.63. The Morgan fingerprint density at radius 3 is 2.62 bits per heavy atom. The number of hydrogen-bond donors (Lipinski definition) is 1. The molecule has 0 aromatic carbocycles. The Bertz CT molecular complexity index is 771. The molecule has 1 amide bonds. The van der Waals surface area contributed by atoms with Gasteiger partial charge in [0, 0.05) is 20.2 Å². The number of amides is 1. The van der Waals surface area contributed by atoms with Crippen LogP contribution in [0.4, 0.5) is 23.8 Å². The van der Waals surface area contributed by atoms with E-state index in [9.17, 15) is 23.2 Å². The number of piperidine rings is 1. The minimum absolute atomic E-state index is 0.0381. The summed E-state index contributed by atoms with van der Waals surface area (Å²) in [6, 6.07) is 3.39. The Balaban J connectivity index is 2.28. The van der Waals surface area contributed by atoms with Crippen LogP contribution in [-0.2, 0) is 15.7 Å². The third kappa shape index (κ3) is 6.22. The standard InChI is InChI=1S/C19H25F3N4O3/c1-18(2,3)29-17(27)24-11-13-9-14(28-4)7-8-26(13)16-12(10-23)5-6-15(25-16)19(20,21)22/h5-6,13-14H,7-9,11H2,1-4H3,(H,24,27)/t13-,14+/m1/s1. The number of halogens is 3. The van der Waals surface area contributed by atoms with Crippen molar-refractivity contribution in [2.45, 2.75) is 57.5 Å². The van der Waals surface area contributed by atoms with Crippen molar-refractivity contribution in [3.05, 3.63) is 23.4 Å². The van der Waals surface area contributed by atoms with Gasteiger partial charge in [0.2, 0.25) is 0 Å². The predicted molar refractivity (Wildman–Crippen MR) is 99.4 cm³/mol. The van der Waals surface area contributed by atoms with Crippen LogP contribution in [0.25, 0.3) is 0 Å². The van der Waals surface area contributed by atoms with E-state index in [0.717, 1.165) is 12.1 Å². The van der Waals surface area contributed by atoms with Crippen molar-refractivity contribution in [1.29, 1.82) is 5.26 Å². The van der Waals surface area contributed by atoms with Crippen molar-refractivity contribution in [3.8, 4) is 6.07 Å². The molecular formula is C19H25F3N4O3. The number of alkyl carbamates (subject to hydrolysis) is 1. The number of pyridine rings is 1. The molecule has 0 saturated carbocycles. The zero-order valence-electron chi connectivity index (χ0n) is 16.8. The summed E-state index contributed by atoms with van der Waals surface area (Å²) in [6.45, 7) is 5.63. The monoisotopic (exact) mass is 414 g/mol. The first kappa shape index (κ1) is 22.7. The molecule has 7 nitrogen and oxygen atoms in total. The van der Waals surface area contributed by atoms with Crippen LogP contribution in [-0.4, -0.2) is 49.0 Å². The maximum atomic E-state index is 13.1. The van der Waals surface area contributed by atoms with Gasteiger partial charge in [0.05, 0.1) is 17.7 Å². The fraction of sp³-hybridized carbons (Fsp3) is 0.632. The molecule has 160 valence electrons. The number of nitrogens with one attached hydrogen (secondary N) is 1. The van der Waals surface area contributed by atoms with E-state index in [1.165, 1.54) is 0 Å². The Morgan fingerprint density at radius 1 is 1.38 bits per heavy atom. The van der Waals surface area contributed by atoms with Crippen molar-refractivity contribution >= 4 is 11.9 Å². The third-order valence-electron chi connectivity index (χ3n) is 4.44. The quantitative estimate of drug-likeness (QED) is 0.812. The maximum Gasteiger partial charge on any atom is 0.433 e. The zero-order chi connectivity index (χ0) is 21.8. The molecule has 1 aliphatic rings. The Morgan fingerprint density at radius 2 is 2.07 bits per heavy atom. The first-order chi connectivity index (χ1) is 13.4. The molecule has 1 N–H and O–H groups in total. The number of hydrogen-bond acceptors (Lipinski definition) is 6. The maximum absolute atomic E-state index is 13.1. The van der Waals surface area contributed by atoms with Crippen LogP contribution >= 0.6 is 0 Å². The number of rotatable bonds is 4. The molecule has 1 fully saturated rings. The van der Waals surface area contributed by atoms with E-state index < -0.39 is 29.6 Å². The average molecular weight is 414 g/mol. The highest BCUT2D eigenvalue weighted by atomic mass is 19.4. The third-order valence-corrected chi connectivity index (χ3v) is 4.44. The highest BCUT2D eigenvalue weighted by molar-refractivity contribution is 5.68. The lowest BCUT2D eigenvalue weighted by Crippen LogP contribution is -2.51. The van der Waals surface area contributed by atoms with Gasteiger partial charge in [-0.3, -0.25) is 0 Å². The summed E-state index contributed by atoms with van der Waals surface area (Å²) in [6.07, 6.45) is -4.36. The second kappa shape index (κ2) is 8.86. The number of anilines is 1. The second-order valence-corrected chi connectivity index (χ2v) is 7.79. The van der Waals surface area contributed by atoms with Crippen LogP contribution in [0, 0.1) is 11.3 Å². The molecule has 1 aromatic heterocycles. The van der Waals surface area contributed by atoms with E-state index in [-0.39, 0.29) is 24.0 Å². The largest absolute Gasteiger partial charge is 0.444 e. The lowest BCUT2D eigenvalue weighted by atomic mass is 9.98. The van der Waals surface area contributed by atoms with Gasteiger partial charge >= 0.3 is 12.3 Å². The number of aromatic nitrogens is 1. The van der Waals surface area contributed by atoms with Crippen molar-refractivity contribution in [3.63, 3.8) is 0 Å². The highest BCUT2D eigenvalue weighted by Gasteiger charge is 2.36. The van der Waals surface area contributed by atoms with Gasteiger partial charge in [-0.25, -0.2) is 9.78 Å². The molecule has 10 heteroatoms. The lowest BCUT2D eigenvalue weighted by Gasteiger charge is -2.40. The minimum atomic E-state index is -4.63. The van der Waals surface area contributed by atoms with Crippen LogP contribution < -0.4 is 10.2 Å². The fourth-order valence-corrected chi connectivity index (χ4v) is 3.13. The predicted octanol–water partition coefficient (Wildman–Crippen LogP) is 3.48. The van der Waals surface area contributed by atoms with E-state index in [1.54, 1.807) is 32.8 Å². The molecule has 0 spiro atoms. The summed E-state index contributed by atoms with van der Waals surface area (Å²) in [4.78, 5) is 17.3. The molecule has 0 unspecified atom stereocenters. The van der Waals surface area contributed by atoms with Crippen LogP contribution in [0.2, 0.25) is 0 Å². The minimum Gasteiger partial charge on any atom is -0.444 e. The van der Waals surface area contributed by atoms with Gasteiger partial charge in [-0.05, 0) is 45.7 Å². The first-order valence-electron chi connectivity index (χ1n) is 9.19. The molecule has 0 radical (unpaired) electrons. The van der Waals surface area contributed by atoms with Gasteiger partial charge in [0.1, 0.15) is 23.2 Å². The summed E-state index contributed by atoms with van der Waals surface area (Å²) in [5.74, 6) is -0.0483. The van der Waals surface area contributed by atoms with E-state index >= 15 is 0 Å². The van der Waals surface area contributed by atoms with E-state index in [4.69, 9.17) is 9.47 Å². The van der Waals surface area contributed by atoms with E-state index in [1.807, 2.05) is 6.07 Å². The topological polar surface area (TPSA) is 87.5 Å². The number of ether oxygens (including phenoxy) is 2. The molecule has 0 aliphatic carbocycles. The molecular weight excluding hydrogens is 389 g/mol. The zero-order valence-corrected chi connectivity index (χ0v) is 16.8. The normalized spacial score (nSPS) is 20.1. The lowest BCUT2D eigenvalue weighted by molar-refractivity contribution is -0.141. The van der Waals surface area contributed by atoms with Gasteiger partial charge in [0.25, 0.3) is 0 Å². The Kier molecular flexibility index (Phi) is 6.95. The van der Waals surface area contributed by atoms with Crippen molar-refractivity contribution in [1.82, 2.24) is 10.3 Å². The van der Waals surface area contributed by atoms with Gasteiger partial charge in [-0.2, -0.15) is 18.4 Å². The van der Waals surface area contributed by atoms with E-state index in [0.29, 0.717) is 19.4 Å². The molecule has 29 heavy (non-hydrogen) atoms. The van der Waals surface area contributed by atoms with Crippen LogP contribution in [0.5, 0.6) is 0 Å². The van der Waals surface area contributed by atoms with Crippen molar-refractivity contribution < 1.29 is 27.4 Å². The summed E-state index contributed by atoms with van der Waals surface area (Å²) >= 11 is 0. The second-order valence-electron chi connectivity index (χ2n) is 7.79. The van der Waals surface area contributed by atoms with Crippen LogP contribution in [0.1, 0.15) is 44.9 Å². The van der Waals surface area contributed by atoms with Crippen LogP contribution in [0.3, 0.4) is 0 Å². The fourth-order valence-electron chi connectivity index (χ4n) is 3.13. The van der Waals surface area contributed by atoms with Gasteiger partial charge < -0.3 is 19.7 Å². The summed E-state index contributed by atoms with van der Waals surface area (Å²) < 4.78 is 50.0. The van der Waals surface area contributed by atoms with E-state index in [2.05, 4.69) is 10.3 Å². The van der Waals surface area contributed by atoms with Gasteiger partial charge in [0.15, 0.2) is 0 Å². The molecule has 0 bridgehead atoms. The summed E-state index contributed by atoms with van der Waals surface area (Å²) in [5, 5.41) is 12.0. The molecule has 1 aliphatic heterocycles. The Labute approximate surface area is 167 Å². The van der Waals surface area contributed by atoms with Crippen molar-refractivity contribution in [2.75, 3.05) is 25.1 Å². The number of carbonyl (C=O) groups is 1. The SMILES string of the molecule is CO[C@H]1CCN(c2nc(C(F)(F)F)ccc2C#N)[C@@H](CNC(=O)OC(C)(C)C)C1. The number of methoxy groups -OCH3 is 1. The highest BCUT2D eigenvalue weighted by Crippen LogP contribution is 2.33. The Hall–Kier alpha value is -2.54. The number of nitrogens with zero attached hydrogens (tertiary/aromatic N) is 3. The molecule has 2 heterocycles. The number of nitriles is 1. The summed E-state index contributed by atoms with van der Waals surface area (Å²) in [7, 11) is 1.56. The molecule has 1 saturated heterocycles. The molecule has 1 aromatic rings. The van der Waals surface area contributed by atoms with Crippen LogP contribution in [0.15, 0.2) is 12.1 Å². The van der Waals surface area contributed by atoms with Gasteiger partial charge in [-0.15, -0.1) is 0 Å².